The summed E-state index contributed by atoms with van der Waals surface area (Å²) in [5.74, 6) is -0.446. The molecule has 0 saturated heterocycles. The lowest BCUT2D eigenvalue weighted by molar-refractivity contribution is -0.139. The van der Waals surface area contributed by atoms with Crippen LogP contribution in [0.1, 0.15) is 0 Å². The fourth-order valence-electron chi connectivity index (χ4n) is 1.16. The van der Waals surface area contributed by atoms with E-state index in [1.165, 1.54) is 0 Å². The van der Waals surface area contributed by atoms with Gasteiger partial charge in [0.2, 0.25) is 0 Å². The van der Waals surface area contributed by atoms with E-state index in [1.54, 1.807) is 7.11 Å². The first-order chi connectivity index (χ1) is 10.3. The smallest absolute Gasteiger partial charge is 0.330 e. The molecule has 0 bridgehead atoms. The van der Waals surface area contributed by atoms with Gasteiger partial charge in [-0.15, -0.1) is 0 Å². The topological polar surface area (TPSA) is 72.5 Å². The van der Waals surface area contributed by atoms with Crippen LogP contribution in [0.5, 0.6) is 0 Å². The molecule has 0 aliphatic rings. The summed E-state index contributed by atoms with van der Waals surface area (Å²) in [7, 11) is 1.63. The van der Waals surface area contributed by atoms with Gasteiger partial charge in [-0.2, -0.15) is 0 Å². The van der Waals surface area contributed by atoms with Gasteiger partial charge in [-0.25, -0.2) is 4.79 Å². The zero-order valence-corrected chi connectivity index (χ0v) is 12.7. The van der Waals surface area contributed by atoms with Crippen LogP contribution < -0.4 is 0 Å². The van der Waals surface area contributed by atoms with Gasteiger partial charge in [-0.05, 0) is 0 Å². The molecule has 0 heterocycles. The van der Waals surface area contributed by atoms with E-state index >= 15 is 0 Å². The SMILES string of the molecule is C=CC(=O)OCCOCCOCCOCCOCCOC. The van der Waals surface area contributed by atoms with Gasteiger partial charge in [0, 0.05) is 13.2 Å². The molecule has 0 spiro atoms. The number of hydrogen-bond donors (Lipinski definition) is 0. The van der Waals surface area contributed by atoms with Crippen LogP contribution in [0.4, 0.5) is 0 Å². The van der Waals surface area contributed by atoms with Gasteiger partial charge >= 0.3 is 5.97 Å². The molecule has 7 heteroatoms. The van der Waals surface area contributed by atoms with Crippen molar-refractivity contribution in [1.82, 2.24) is 0 Å². The van der Waals surface area contributed by atoms with Gasteiger partial charge in [-0.3, -0.25) is 0 Å². The predicted octanol–water partition coefficient (Wildman–Crippen LogP) is 0.428. The van der Waals surface area contributed by atoms with Crippen molar-refractivity contribution in [3.8, 4) is 0 Å². The average molecular weight is 306 g/mol. The monoisotopic (exact) mass is 306 g/mol. The second-order valence-electron chi connectivity index (χ2n) is 3.81. The molecule has 0 rings (SSSR count). The number of esters is 1. The van der Waals surface area contributed by atoms with Crippen LogP contribution in [0, 0.1) is 0 Å². The first-order valence-corrected chi connectivity index (χ1v) is 6.90. The summed E-state index contributed by atoms with van der Waals surface area (Å²) >= 11 is 0. The number of hydrogen-bond acceptors (Lipinski definition) is 7. The summed E-state index contributed by atoms with van der Waals surface area (Å²) in [6.45, 7) is 8.07. The lowest BCUT2D eigenvalue weighted by atomic mass is 10.6. The minimum Gasteiger partial charge on any atom is -0.460 e. The van der Waals surface area contributed by atoms with Crippen LogP contribution in [-0.4, -0.2) is 79.1 Å². The molecule has 0 unspecified atom stereocenters. The van der Waals surface area contributed by atoms with Crippen molar-refractivity contribution in [2.75, 3.05) is 73.2 Å². The summed E-state index contributed by atoms with van der Waals surface area (Å²) < 4.78 is 30.6. The third kappa shape index (κ3) is 17.0. The molecule has 21 heavy (non-hydrogen) atoms. The summed E-state index contributed by atoms with van der Waals surface area (Å²) in [4.78, 5) is 10.7. The first-order valence-electron chi connectivity index (χ1n) is 6.90. The number of methoxy groups -OCH3 is 1. The summed E-state index contributed by atoms with van der Waals surface area (Å²) in [5, 5.41) is 0. The van der Waals surface area contributed by atoms with Crippen molar-refractivity contribution in [2.45, 2.75) is 0 Å². The Morgan fingerprint density at radius 1 is 0.762 bits per heavy atom. The van der Waals surface area contributed by atoms with Gasteiger partial charge < -0.3 is 28.4 Å². The Morgan fingerprint density at radius 2 is 1.14 bits per heavy atom. The Morgan fingerprint density at radius 3 is 1.52 bits per heavy atom. The molecule has 0 aliphatic heterocycles. The largest absolute Gasteiger partial charge is 0.460 e. The maximum absolute atomic E-state index is 10.7. The van der Waals surface area contributed by atoms with E-state index in [0.717, 1.165) is 6.08 Å². The van der Waals surface area contributed by atoms with E-state index < -0.39 is 5.97 Å². The first kappa shape index (κ1) is 20.0. The third-order valence-corrected chi connectivity index (χ3v) is 2.19. The molecule has 0 aromatic carbocycles. The van der Waals surface area contributed by atoms with Crippen LogP contribution in [0.2, 0.25) is 0 Å². The normalized spacial score (nSPS) is 10.5. The molecule has 0 fully saturated rings. The molecule has 0 radical (unpaired) electrons. The highest BCUT2D eigenvalue weighted by molar-refractivity contribution is 5.81. The van der Waals surface area contributed by atoms with E-state index in [9.17, 15) is 4.79 Å². The quantitative estimate of drug-likeness (QED) is 0.232. The van der Waals surface area contributed by atoms with Gasteiger partial charge in [-0.1, -0.05) is 6.58 Å². The zero-order valence-electron chi connectivity index (χ0n) is 12.7. The van der Waals surface area contributed by atoms with Crippen molar-refractivity contribution in [3.05, 3.63) is 12.7 Å². The highest BCUT2D eigenvalue weighted by Crippen LogP contribution is 1.84. The highest BCUT2D eigenvalue weighted by Gasteiger charge is 1.95. The molecule has 124 valence electrons. The van der Waals surface area contributed by atoms with Crippen LogP contribution in [-0.2, 0) is 33.2 Å². The molecule has 0 saturated carbocycles. The van der Waals surface area contributed by atoms with E-state index in [0.29, 0.717) is 59.5 Å². The molecule has 7 nitrogen and oxygen atoms in total. The maximum Gasteiger partial charge on any atom is 0.330 e. The van der Waals surface area contributed by atoms with Crippen molar-refractivity contribution in [1.29, 1.82) is 0 Å². The number of ether oxygens (including phenoxy) is 6. The minimum atomic E-state index is -0.446. The fourth-order valence-corrected chi connectivity index (χ4v) is 1.16. The Balaban J connectivity index is 2.99. The number of carbonyl (C=O) groups is 1. The summed E-state index contributed by atoms with van der Waals surface area (Å²) in [6, 6.07) is 0. The van der Waals surface area contributed by atoms with Gasteiger partial charge in [0.1, 0.15) is 6.61 Å². The zero-order chi connectivity index (χ0) is 15.6. The molecule has 0 amide bonds. The van der Waals surface area contributed by atoms with Crippen LogP contribution >= 0.6 is 0 Å². The molecule has 0 aliphatic carbocycles. The minimum absolute atomic E-state index is 0.219. The van der Waals surface area contributed by atoms with E-state index in [-0.39, 0.29) is 6.61 Å². The lowest BCUT2D eigenvalue weighted by Gasteiger charge is -2.07. The molecular weight excluding hydrogens is 280 g/mol. The van der Waals surface area contributed by atoms with E-state index in [1.807, 2.05) is 0 Å². The second kappa shape index (κ2) is 17.1. The van der Waals surface area contributed by atoms with Crippen molar-refractivity contribution >= 4 is 5.97 Å². The Labute approximate surface area is 126 Å². The standard InChI is InChI=1S/C14H26O7/c1-3-14(15)21-13-12-20-11-10-19-9-8-18-7-6-17-5-4-16-2/h3H,1,4-13H2,2H3. The lowest BCUT2D eigenvalue weighted by Crippen LogP contribution is -2.14. The van der Waals surface area contributed by atoms with Crippen molar-refractivity contribution in [2.24, 2.45) is 0 Å². The third-order valence-electron chi connectivity index (χ3n) is 2.19. The molecule has 0 N–H and O–H groups in total. The summed E-state index contributed by atoms with van der Waals surface area (Å²) in [5.41, 5.74) is 0. The molecule has 0 aromatic rings. The highest BCUT2D eigenvalue weighted by atomic mass is 16.6. The van der Waals surface area contributed by atoms with Crippen LogP contribution in [0.15, 0.2) is 12.7 Å². The second-order valence-corrected chi connectivity index (χ2v) is 3.81. The van der Waals surface area contributed by atoms with Crippen molar-refractivity contribution < 1.29 is 33.2 Å². The maximum atomic E-state index is 10.7. The fraction of sp³-hybridized carbons (Fsp3) is 0.786. The Hall–Kier alpha value is -0.990. The number of carbonyl (C=O) groups excluding carboxylic acids is 1. The van der Waals surface area contributed by atoms with Crippen LogP contribution in [0.25, 0.3) is 0 Å². The van der Waals surface area contributed by atoms with Crippen molar-refractivity contribution in [3.63, 3.8) is 0 Å². The molecular formula is C14H26O7. The van der Waals surface area contributed by atoms with Gasteiger partial charge in [0.25, 0.3) is 0 Å². The predicted molar refractivity (Wildman–Crippen MR) is 76.3 cm³/mol. The Bertz CT molecular complexity index is 245. The summed E-state index contributed by atoms with van der Waals surface area (Å²) in [6.07, 6.45) is 1.12. The van der Waals surface area contributed by atoms with Gasteiger partial charge in [0.15, 0.2) is 0 Å². The van der Waals surface area contributed by atoms with E-state index in [2.05, 4.69) is 6.58 Å². The Kier molecular flexibility index (Phi) is 16.3. The molecule has 0 atom stereocenters. The van der Waals surface area contributed by atoms with E-state index in [4.69, 9.17) is 28.4 Å². The van der Waals surface area contributed by atoms with Gasteiger partial charge in [0.05, 0.1) is 59.5 Å². The van der Waals surface area contributed by atoms with Crippen LogP contribution in [0.3, 0.4) is 0 Å². The number of rotatable bonds is 16. The molecule has 0 aromatic heterocycles. The average Bonchev–Trinajstić information content (AvgIpc) is 2.50.